The summed E-state index contributed by atoms with van der Waals surface area (Å²) in [5.74, 6) is -0.618. The van der Waals surface area contributed by atoms with Gasteiger partial charge in [-0.3, -0.25) is 4.79 Å². The SMILES string of the molecule is O=C(CN(Cc1ccccc1)S(=O)(=O)c1ccc(Cl)cc1)N/N=C\c1c(O)ccc2ccccc12. The summed E-state index contributed by atoms with van der Waals surface area (Å²) < 4.78 is 27.7. The van der Waals surface area contributed by atoms with E-state index in [1.165, 1.54) is 30.5 Å². The van der Waals surface area contributed by atoms with Gasteiger partial charge in [-0.05, 0) is 46.7 Å². The Morgan fingerprint density at radius 2 is 1.63 bits per heavy atom. The first-order chi connectivity index (χ1) is 16.8. The van der Waals surface area contributed by atoms with Crippen molar-refractivity contribution >= 4 is 44.5 Å². The van der Waals surface area contributed by atoms with E-state index in [9.17, 15) is 18.3 Å². The fourth-order valence-corrected chi connectivity index (χ4v) is 5.06. The zero-order valence-electron chi connectivity index (χ0n) is 18.5. The van der Waals surface area contributed by atoms with Crippen molar-refractivity contribution in [3.63, 3.8) is 0 Å². The van der Waals surface area contributed by atoms with Gasteiger partial charge in [0, 0.05) is 17.1 Å². The maximum absolute atomic E-state index is 13.3. The van der Waals surface area contributed by atoms with Crippen molar-refractivity contribution in [1.82, 2.24) is 9.73 Å². The molecule has 35 heavy (non-hydrogen) atoms. The van der Waals surface area contributed by atoms with Crippen LogP contribution in [0.2, 0.25) is 5.02 Å². The monoisotopic (exact) mass is 507 g/mol. The molecule has 0 unspecified atom stereocenters. The van der Waals surface area contributed by atoms with E-state index in [2.05, 4.69) is 10.5 Å². The smallest absolute Gasteiger partial charge is 0.255 e. The molecule has 0 aliphatic heterocycles. The second kappa shape index (κ2) is 10.7. The number of hydrazone groups is 1. The number of hydrogen-bond donors (Lipinski definition) is 2. The van der Waals surface area contributed by atoms with Crippen LogP contribution in [0.5, 0.6) is 5.75 Å². The largest absolute Gasteiger partial charge is 0.507 e. The lowest BCUT2D eigenvalue weighted by Crippen LogP contribution is -2.39. The highest BCUT2D eigenvalue weighted by molar-refractivity contribution is 7.89. The number of nitrogens with zero attached hydrogens (tertiary/aromatic N) is 2. The molecule has 0 radical (unpaired) electrons. The Morgan fingerprint density at radius 1 is 0.943 bits per heavy atom. The van der Waals surface area contributed by atoms with Gasteiger partial charge in [0.05, 0.1) is 17.7 Å². The summed E-state index contributed by atoms with van der Waals surface area (Å²) in [5.41, 5.74) is 3.53. The second-order valence-electron chi connectivity index (χ2n) is 7.73. The molecule has 0 aliphatic carbocycles. The van der Waals surface area contributed by atoms with Gasteiger partial charge in [0.25, 0.3) is 5.91 Å². The Kier molecular flexibility index (Phi) is 7.45. The molecule has 0 aliphatic rings. The molecule has 4 aromatic rings. The predicted octanol–water partition coefficient (Wildman–Crippen LogP) is 4.54. The summed E-state index contributed by atoms with van der Waals surface area (Å²) >= 11 is 5.90. The van der Waals surface area contributed by atoms with Crippen LogP contribution < -0.4 is 5.43 Å². The highest BCUT2D eigenvalue weighted by atomic mass is 35.5. The Labute approximate surface area is 208 Å². The number of halogens is 1. The maximum atomic E-state index is 13.3. The summed E-state index contributed by atoms with van der Waals surface area (Å²) in [6.45, 7) is -0.467. The number of aromatic hydroxyl groups is 1. The number of benzene rings is 4. The second-order valence-corrected chi connectivity index (χ2v) is 10.1. The average Bonchev–Trinajstić information content (AvgIpc) is 2.86. The molecule has 0 heterocycles. The van der Waals surface area contributed by atoms with E-state index in [4.69, 9.17) is 11.6 Å². The van der Waals surface area contributed by atoms with Gasteiger partial charge in [-0.25, -0.2) is 13.8 Å². The number of carbonyl (C=O) groups is 1. The van der Waals surface area contributed by atoms with Crippen LogP contribution in [0.3, 0.4) is 0 Å². The van der Waals surface area contributed by atoms with Gasteiger partial charge in [-0.15, -0.1) is 0 Å². The number of hydrogen-bond acceptors (Lipinski definition) is 5. The van der Waals surface area contributed by atoms with Crippen LogP contribution in [0.25, 0.3) is 10.8 Å². The first-order valence-corrected chi connectivity index (χ1v) is 12.5. The summed E-state index contributed by atoms with van der Waals surface area (Å²) in [6.07, 6.45) is 1.34. The molecule has 4 aromatic carbocycles. The van der Waals surface area contributed by atoms with E-state index in [0.717, 1.165) is 20.6 Å². The molecule has 9 heteroatoms. The van der Waals surface area contributed by atoms with E-state index in [0.29, 0.717) is 10.6 Å². The van der Waals surface area contributed by atoms with Gasteiger partial charge in [0.15, 0.2) is 0 Å². The van der Waals surface area contributed by atoms with Crippen molar-refractivity contribution in [2.24, 2.45) is 5.10 Å². The molecule has 0 fully saturated rings. The van der Waals surface area contributed by atoms with Crippen molar-refractivity contribution in [2.45, 2.75) is 11.4 Å². The lowest BCUT2D eigenvalue weighted by molar-refractivity contribution is -0.121. The third-order valence-electron chi connectivity index (χ3n) is 5.30. The van der Waals surface area contributed by atoms with E-state index < -0.39 is 22.5 Å². The molecular formula is C26H22ClN3O4S. The minimum absolute atomic E-state index is 0.00690. The summed E-state index contributed by atoms with van der Waals surface area (Å²) in [6, 6.07) is 25.5. The maximum Gasteiger partial charge on any atom is 0.255 e. The highest BCUT2D eigenvalue weighted by Crippen LogP contribution is 2.25. The number of carbonyl (C=O) groups excluding carboxylic acids is 1. The van der Waals surface area contributed by atoms with Crippen molar-refractivity contribution in [2.75, 3.05) is 6.54 Å². The quantitative estimate of drug-likeness (QED) is 0.270. The zero-order chi connectivity index (χ0) is 24.8. The number of fused-ring (bicyclic) bond motifs is 1. The highest BCUT2D eigenvalue weighted by Gasteiger charge is 2.27. The van der Waals surface area contributed by atoms with Gasteiger partial charge in [-0.2, -0.15) is 9.41 Å². The normalized spacial score (nSPS) is 11.8. The first kappa shape index (κ1) is 24.4. The molecule has 4 rings (SSSR count). The number of amides is 1. The average molecular weight is 508 g/mol. The minimum Gasteiger partial charge on any atom is -0.507 e. The Bertz CT molecular complexity index is 1470. The third kappa shape index (κ3) is 5.86. The van der Waals surface area contributed by atoms with E-state index in [1.807, 2.05) is 30.3 Å². The topological polar surface area (TPSA) is 99.1 Å². The molecule has 2 N–H and O–H groups in total. The number of phenolic OH excluding ortho intramolecular Hbond substituents is 1. The number of phenols is 1. The van der Waals surface area contributed by atoms with Gasteiger partial charge >= 0.3 is 0 Å². The molecule has 0 atom stereocenters. The minimum atomic E-state index is -4.00. The lowest BCUT2D eigenvalue weighted by atomic mass is 10.0. The Morgan fingerprint density at radius 3 is 2.37 bits per heavy atom. The molecular weight excluding hydrogens is 486 g/mol. The molecule has 0 aromatic heterocycles. The first-order valence-electron chi connectivity index (χ1n) is 10.7. The van der Waals surface area contributed by atoms with Crippen LogP contribution in [-0.4, -0.2) is 36.5 Å². The number of sulfonamides is 1. The number of nitrogens with one attached hydrogen (secondary N) is 1. The van der Waals surface area contributed by atoms with E-state index >= 15 is 0 Å². The summed E-state index contributed by atoms with van der Waals surface area (Å²) in [5, 5.41) is 16.3. The molecule has 1 amide bonds. The Hall–Kier alpha value is -3.72. The van der Waals surface area contributed by atoms with Crippen LogP contribution >= 0.6 is 11.6 Å². The standard InChI is InChI=1S/C26H22ClN3O4S/c27-21-11-13-22(14-12-21)35(33,34)30(17-19-6-2-1-3-7-19)18-26(32)29-28-16-24-23-9-5-4-8-20(23)10-15-25(24)31/h1-16,31H,17-18H2,(H,29,32)/b28-16-. The molecule has 0 saturated heterocycles. The van der Waals surface area contributed by atoms with Crippen molar-refractivity contribution < 1.29 is 18.3 Å². The fraction of sp³-hybridized carbons (Fsp3) is 0.0769. The van der Waals surface area contributed by atoms with Gasteiger partial charge in [0.2, 0.25) is 10.0 Å². The molecule has 7 nitrogen and oxygen atoms in total. The van der Waals surface area contributed by atoms with Crippen LogP contribution in [0.4, 0.5) is 0 Å². The third-order valence-corrected chi connectivity index (χ3v) is 7.36. The van der Waals surface area contributed by atoms with Crippen molar-refractivity contribution in [1.29, 1.82) is 0 Å². The van der Waals surface area contributed by atoms with Crippen molar-refractivity contribution in [3.8, 4) is 5.75 Å². The van der Waals surface area contributed by atoms with E-state index in [-0.39, 0.29) is 17.2 Å². The molecule has 0 bridgehead atoms. The van der Waals surface area contributed by atoms with Crippen LogP contribution in [0, 0.1) is 0 Å². The van der Waals surface area contributed by atoms with Crippen LogP contribution in [0.1, 0.15) is 11.1 Å². The lowest BCUT2D eigenvalue weighted by Gasteiger charge is -2.21. The zero-order valence-corrected chi connectivity index (χ0v) is 20.1. The van der Waals surface area contributed by atoms with Gasteiger partial charge in [-0.1, -0.05) is 72.3 Å². The summed E-state index contributed by atoms with van der Waals surface area (Å²) in [7, 11) is -4.00. The molecule has 0 saturated carbocycles. The van der Waals surface area contributed by atoms with Crippen molar-refractivity contribution in [3.05, 3.63) is 107 Å². The fourth-order valence-electron chi connectivity index (χ4n) is 3.55. The molecule has 178 valence electrons. The van der Waals surface area contributed by atoms with Crippen LogP contribution in [0.15, 0.2) is 101 Å². The number of rotatable bonds is 8. The van der Waals surface area contributed by atoms with Gasteiger partial charge in [0.1, 0.15) is 5.75 Å². The molecule has 0 spiro atoms. The van der Waals surface area contributed by atoms with Crippen LogP contribution in [-0.2, 0) is 21.4 Å². The van der Waals surface area contributed by atoms with Gasteiger partial charge < -0.3 is 5.11 Å². The summed E-state index contributed by atoms with van der Waals surface area (Å²) in [4.78, 5) is 12.7. The van der Waals surface area contributed by atoms with E-state index in [1.54, 1.807) is 36.4 Å². The predicted molar refractivity (Wildman–Crippen MR) is 137 cm³/mol. The Balaban J connectivity index is 1.55.